The van der Waals surface area contributed by atoms with Crippen LogP contribution in [0.1, 0.15) is 51.7 Å². The summed E-state index contributed by atoms with van der Waals surface area (Å²) in [6.45, 7) is 10.5. The highest BCUT2D eigenvalue weighted by molar-refractivity contribution is 7.89. The number of carbonyl (C=O) groups is 1. The third-order valence-electron chi connectivity index (χ3n) is 5.71. The number of anilines is 1. The summed E-state index contributed by atoms with van der Waals surface area (Å²) in [6, 6.07) is 14.9. The van der Waals surface area contributed by atoms with Gasteiger partial charge in [-0.2, -0.15) is 4.31 Å². The van der Waals surface area contributed by atoms with E-state index in [9.17, 15) is 13.2 Å². The topological polar surface area (TPSA) is 66.5 Å². The van der Waals surface area contributed by atoms with Gasteiger partial charge in [-0.3, -0.25) is 4.79 Å². The molecule has 5 nitrogen and oxygen atoms in total. The molecule has 1 aliphatic heterocycles. The van der Waals surface area contributed by atoms with Gasteiger partial charge >= 0.3 is 0 Å². The normalized spacial score (nSPS) is 16.3. The highest BCUT2D eigenvalue weighted by Crippen LogP contribution is 2.35. The second-order valence-corrected chi connectivity index (χ2v) is 9.64. The first-order valence-corrected chi connectivity index (χ1v) is 12.2. The average Bonchev–Trinajstić information content (AvgIpc) is 2.76. The number of sulfonamides is 1. The molecule has 6 heteroatoms. The zero-order chi connectivity index (χ0) is 22.4. The van der Waals surface area contributed by atoms with E-state index in [0.717, 1.165) is 17.7 Å². The van der Waals surface area contributed by atoms with Gasteiger partial charge in [-0.05, 0) is 55.5 Å². The molecule has 164 valence electrons. The van der Waals surface area contributed by atoms with Gasteiger partial charge in [0.1, 0.15) is 0 Å². The number of piperidine rings is 1. The van der Waals surface area contributed by atoms with Crippen molar-refractivity contribution >= 4 is 21.6 Å². The Morgan fingerprint density at radius 3 is 2.13 bits per heavy atom. The van der Waals surface area contributed by atoms with Crippen LogP contribution in [0.2, 0.25) is 0 Å². The van der Waals surface area contributed by atoms with E-state index in [2.05, 4.69) is 12.2 Å². The number of rotatable bonds is 5. The first-order valence-electron chi connectivity index (χ1n) is 10.7. The zero-order valence-corrected chi connectivity index (χ0v) is 19.6. The first kappa shape index (κ1) is 24.1. The van der Waals surface area contributed by atoms with Crippen molar-refractivity contribution in [3.05, 3.63) is 59.7 Å². The van der Waals surface area contributed by atoms with Crippen LogP contribution in [0, 0.1) is 12.3 Å². The summed E-state index contributed by atoms with van der Waals surface area (Å²) in [4.78, 5) is 13.2. The number of nitrogens with zero attached hydrogens (tertiary/aromatic N) is 1. The van der Waals surface area contributed by atoms with Crippen LogP contribution in [-0.2, 0) is 21.2 Å². The summed E-state index contributed by atoms with van der Waals surface area (Å²) < 4.78 is 27.4. The van der Waals surface area contributed by atoms with Crippen molar-refractivity contribution in [2.24, 2.45) is 5.41 Å². The maximum atomic E-state index is 13.0. The Morgan fingerprint density at radius 1 is 1.03 bits per heavy atom. The van der Waals surface area contributed by atoms with Gasteiger partial charge < -0.3 is 5.32 Å². The fourth-order valence-corrected chi connectivity index (χ4v) is 5.20. The Hall–Kier alpha value is -2.18. The molecule has 2 aromatic rings. The van der Waals surface area contributed by atoms with Crippen molar-refractivity contribution < 1.29 is 13.2 Å². The van der Waals surface area contributed by atoms with E-state index in [1.807, 2.05) is 51.1 Å². The van der Waals surface area contributed by atoms with Crippen molar-refractivity contribution in [1.29, 1.82) is 0 Å². The fraction of sp³-hybridized carbons (Fsp3) is 0.458. The van der Waals surface area contributed by atoms with Crippen molar-refractivity contribution in [1.82, 2.24) is 4.31 Å². The van der Waals surface area contributed by atoms with Gasteiger partial charge in [0.25, 0.3) is 0 Å². The van der Waals surface area contributed by atoms with E-state index in [1.54, 1.807) is 25.1 Å². The summed E-state index contributed by atoms with van der Waals surface area (Å²) >= 11 is 0. The van der Waals surface area contributed by atoms with Crippen LogP contribution >= 0.6 is 0 Å². The summed E-state index contributed by atoms with van der Waals surface area (Å²) in [5.41, 5.74) is 2.16. The second kappa shape index (κ2) is 10.2. The van der Waals surface area contributed by atoms with E-state index >= 15 is 0 Å². The largest absolute Gasteiger partial charge is 0.326 e. The highest BCUT2D eigenvalue weighted by atomic mass is 32.2. The Bertz CT molecular complexity index is 945. The van der Waals surface area contributed by atoms with Crippen LogP contribution in [0.3, 0.4) is 0 Å². The molecule has 1 aliphatic rings. The van der Waals surface area contributed by atoms with Crippen molar-refractivity contribution in [3.8, 4) is 0 Å². The molecule has 1 heterocycles. The lowest BCUT2D eigenvalue weighted by molar-refractivity contribution is -0.126. The molecule has 1 N–H and O–H groups in total. The molecule has 2 aromatic carbocycles. The zero-order valence-electron chi connectivity index (χ0n) is 18.7. The number of hydrogen-bond acceptors (Lipinski definition) is 3. The quantitative estimate of drug-likeness (QED) is 0.725. The molecule has 0 aliphatic carbocycles. The van der Waals surface area contributed by atoms with Gasteiger partial charge in [0.05, 0.1) is 4.90 Å². The first-order chi connectivity index (χ1) is 14.3. The van der Waals surface area contributed by atoms with Gasteiger partial charge in [0, 0.05) is 24.2 Å². The fourth-order valence-electron chi connectivity index (χ4n) is 3.54. The smallest absolute Gasteiger partial charge is 0.243 e. The van der Waals surface area contributed by atoms with E-state index in [-0.39, 0.29) is 5.91 Å². The van der Waals surface area contributed by atoms with Crippen molar-refractivity contribution in [3.63, 3.8) is 0 Å². The Labute approximate surface area is 181 Å². The molecule has 0 unspecified atom stereocenters. The molecule has 0 aromatic heterocycles. The molecule has 0 saturated carbocycles. The number of carbonyl (C=O) groups excluding carboxylic acids is 1. The van der Waals surface area contributed by atoms with Crippen LogP contribution in [0.4, 0.5) is 5.69 Å². The maximum absolute atomic E-state index is 13.0. The van der Waals surface area contributed by atoms with Gasteiger partial charge in [-0.15, -0.1) is 0 Å². The predicted molar refractivity (Wildman–Crippen MR) is 123 cm³/mol. The Kier molecular flexibility index (Phi) is 8.21. The molecule has 30 heavy (non-hydrogen) atoms. The molecule has 0 radical (unpaired) electrons. The standard InChI is InChI=1S/C22H28N2O3S.C2H6/c1-4-18-9-11-19(12-10-18)23-21(25)22(3)13-15-24(16-14-22)28(26,27)20-8-6-5-7-17(20)2;1-2/h5-12H,4,13-16H2,1-3H3,(H,23,25);1-2H3. The minimum absolute atomic E-state index is 0.0512. The molecule has 3 rings (SSSR count). The lowest BCUT2D eigenvalue weighted by Crippen LogP contribution is -2.46. The van der Waals surface area contributed by atoms with Crippen LogP contribution in [0.15, 0.2) is 53.4 Å². The molecular weight excluding hydrogens is 396 g/mol. The van der Waals surface area contributed by atoms with Gasteiger partial charge in [-0.25, -0.2) is 8.42 Å². The molecule has 0 spiro atoms. The monoisotopic (exact) mass is 430 g/mol. The van der Waals surface area contributed by atoms with Crippen molar-refractivity contribution in [2.75, 3.05) is 18.4 Å². The van der Waals surface area contributed by atoms with E-state index in [1.165, 1.54) is 9.87 Å². The van der Waals surface area contributed by atoms with Gasteiger partial charge in [0.15, 0.2) is 0 Å². The summed E-state index contributed by atoms with van der Waals surface area (Å²) in [5.74, 6) is -0.0512. The van der Waals surface area contributed by atoms with Crippen LogP contribution in [-0.4, -0.2) is 31.7 Å². The Morgan fingerprint density at radius 2 is 1.60 bits per heavy atom. The highest BCUT2D eigenvalue weighted by Gasteiger charge is 2.40. The average molecular weight is 431 g/mol. The molecular formula is C24H34N2O3S. The summed E-state index contributed by atoms with van der Waals surface area (Å²) in [7, 11) is -3.53. The number of hydrogen-bond donors (Lipinski definition) is 1. The Balaban J connectivity index is 0.00000155. The SMILES string of the molecule is CC.CCc1ccc(NC(=O)C2(C)CCN(S(=O)(=O)c3ccccc3C)CC2)cc1. The predicted octanol–water partition coefficient (Wildman–Crippen LogP) is 5.01. The van der Waals surface area contributed by atoms with E-state index in [0.29, 0.717) is 30.8 Å². The lowest BCUT2D eigenvalue weighted by Gasteiger charge is -2.37. The van der Waals surface area contributed by atoms with Gasteiger partial charge in [-0.1, -0.05) is 58.0 Å². The third-order valence-corrected chi connectivity index (χ3v) is 7.76. The molecule has 1 saturated heterocycles. The lowest BCUT2D eigenvalue weighted by atomic mass is 9.80. The minimum Gasteiger partial charge on any atom is -0.326 e. The molecule has 0 atom stereocenters. The third kappa shape index (κ3) is 5.29. The number of nitrogens with one attached hydrogen (secondary N) is 1. The second-order valence-electron chi connectivity index (χ2n) is 7.73. The van der Waals surface area contributed by atoms with E-state index in [4.69, 9.17) is 0 Å². The van der Waals surface area contributed by atoms with Crippen LogP contribution in [0.5, 0.6) is 0 Å². The number of amides is 1. The van der Waals surface area contributed by atoms with Crippen LogP contribution < -0.4 is 5.32 Å². The number of aryl methyl sites for hydroxylation is 2. The molecule has 1 fully saturated rings. The molecule has 1 amide bonds. The summed E-state index contributed by atoms with van der Waals surface area (Å²) in [5, 5.41) is 2.99. The molecule has 0 bridgehead atoms. The van der Waals surface area contributed by atoms with Crippen molar-refractivity contribution in [2.45, 2.75) is 58.8 Å². The minimum atomic E-state index is -3.53. The van der Waals surface area contributed by atoms with Gasteiger partial charge in [0.2, 0.25) is 15.9 Å². The van der Waals surface area contributed by atoms with E-state index < -0.39 is 15.4 Å². The maximum Gasteiger partial charge on any atom is 0.243 e. The summed E-state index contributed by atoms with van der Waals surface area (Å²) in [6.07, 6.45) is 1.95. The van der Waals surface area contributed by atoms with Crippen LogP contribution in [0.25, 0.3) is 0 Å². The number of benzene rings is 2.